The van der Waals surface area contributed by atoms with Crippen LogP contribution in [-0.4, -0.2) is 25.8 Å². The molecule has 2 aromatic heterocycles. The van der Waals surface area contributed by atoms with Gasteiger partial charge in [-0.1, -0.05) is 36.4 Å². The van der Waals surface area contributed by atoms with Gasteiger partial charge in [0.15, 0.2) is 0 Å². The molecule has 1 radical (unpaired) electrons. The van der Waals surface area contributed by atoms with E-state index in [0.29, 0.717) is 0 Å². The maximum Gasteiger partial charge on any atom is 0.128 e. The quantitative estimate of drug-likeness (QED) is 0.492. The highest BCUT2D eigenvalue weighted by atomic mass is 16.1. The number of carbonyl (C=O) groups is 1. The molecule has 5 nitrogen and oxygen atoms in total. The van der Waals surface area contributed by atoms with E-state index in [-0.39, 0.29) is 5.92 Å². The molecule has 0 amide bonds. The molecule has 0 aliphatic rings. The van der Waals surface area contributed by atoms with Gasteiger partial charge >= 0.3 is 0 Å². The van der Waals surface area contributed by atoms with Gasteiger partial charge in [0.05, 0.1) is 23.8 Å². The summed E-state index contributed by atoms with van der Waals surface area (Å²) in [5.41, 5.74) is 3.66. The molecule has 0 fully saturated rings. The second-order valence-electron chi connectivity index (χ2n) is 6.38. The second-order valence-corrected chi connectivity index (χ2v) is 6.38. The smallest absolute Gasteiger partial charge is 0.128 e. The summed E-state index contributed by atoms with van der Waals surface area (Å²) in [5.74, 6) is -0.649. The van der Waals surface area contributed by atoms with Crippen molar-refractivity contribution in [3.63, 3.8) is 0 Å². The Morgan fingerprint density at radius 2 is 1.26 bits per heavy atom. The number of aromatic nitrogens is 4. The van der Waals surface area contributed by atoms with E-state index < -0.39 is 5.92 Å². The zero-order valence-corrected chi connectivity index (χ0v) is 14.7. The predicted octanol–water partition coefficient (Wildman–Crippen LogP) is 3.96. The Morgan fingerprint density at radius 3 is 1.78 bits per heavy atom. The van der Waals surface area contributed by atoms with E-state index in [0.717, 1.165) is 28.8 Å². The summed E-state index contributed by atoms with van der Waals surface area (Å²) < 4.78 is 3.56. The largest absolute Gasteiger partial charge is 0.303 e. The van der Waals surface area contributed by atoms with Crippen LogP contribution in [0.25, 0.3) is 11.4 Å². The van der Waals surface area contributed by atoms with E-state index in [9.17, 15) is 4.79 Å². The van der Waals surface area contributed by atoms with Gasteiger partial charge in [-0.15, -0.1) is 0 Å². The third-order valence-corrected chi connectivity index (χ3v) is 4.64. The van der Waals surface area contributed by atoms with Crippen LogP contribution < -0.4 is 0 Å². The minimum Gasteiger partial charge on any atom is -0.303 e. The van der Waals surface area contributed by atoms with E-state index in [2.05, 4.69) is 17.1 Å². The molecule has 0 bridgehead atoms. The van der Waals surface area contributed by atoms with Crippen LogP contribution in [-0.2, 0) is 4.79 Å². The first-order chi connectivity index (χ1) is 13.3. The van der Waals surface area contributed by atoms with Crippen LogP contribution >= 0.6 is 0 Å². The first-order valence-corrected chi connectivity index (χ1v) is 8.74. The molecule has 2 unspecified atom stereocenters. The van der Waals surface area contributed by atoms with Crippen LogP contribution in [0.15, 0.2) is 85.5 Å². The molecular formula is C22H19N4O. The van der Waals surface area contributed by atoms with Gasteiger partial charge < -0.3 is 4.79 Å². The van der Waals surface area contributed by atoms with Gasteiger partial charge in [-0.05, 0) is 36.8 Å². The highest BCUT2D eigenvalue weighted by Gasteiger charge is 2.23. The number of nitrogens with zero attached hydrogens (tertiary/aromatic N) is 4. The van der Waals surface area contributed by atoms with Crippen LogP contribution in [0.1, 0.15) is 23.0 Å². The van der Waals surface area contributed by atoms with Crippen LogP contribution in [0.4, 0.5) is 0 Å². The highest BCUT2D eigenvalue weighted by Crippen LogP contribution is 2.31. The van der Waals surface area contributed by atoms with Crippen molar-refractivity contribution in [1.82, 2.24) is 19.6 Å². The summed E-state index contributed by atoms with van der Waals surface area (Å²) in [5, 5.41) is 8.80. The lowest BCUT2D eigenvalue weighted by atomic mass is 9.86. The minimum atomic E-state index is -0.393. The average Bonchev–Trinajstić information content (AvgIpc) is 3.40. The predicted molar refractivity (Wildman–Crippen MR) is 104 cm³/mol. The molecule has 0 aliphatic carbocycles. The summed E-state index contributed by atoms with van der Waals surface area (Å²) >= 11 is 0. The number of hydrogen-bond acceptors (Lipinski definition) is 3. The van der Waals surface area contributed by atoms with Crippen LogP contribution in [0.5, 0.6) is 0 Å². The minimum absolute atomic E-state index is 0.256. The van der Waals surface area contributed by atoms with Crippen molar-refractivity contribution in [2.45, 2.75) is 11.8 Å². The molecule has 2 atom stereocenters. The Balaban J connectivity index is 1.59. The zero-order chi connectivity index (χ0) is 18.6. The summed E-state index contributed by atoms with van der Waals surface area (Å²) in [4.78, 5) is 11.8. The number of benzene rings is 2. The first kappa shape index (κ1) is 17.0. The second kappa shape index (κ2) is 7.41. The fourth-order valence-electron chi connectivity index (χ4n) is 3.09. The Hall–Kier alpha value is -3.47. The van der Waals surface area contributed by atoms with Crippen LogP contribution in [0.2, 0.25) is 0 Å². The average molecular weight is 355 g/mol. The summed E-state index contributed by atoms with van der Waals surface area (Å²) in [6.07, 6.45) is 8.23. The summed E-state index contributed by atoms with van der Waals surface area (Å²) in [6, 6.07) is 19.7. The fourth-order valence-corrected chi connectivity index (χ4v) is 3.09. The van der Waals surface area contributed by atoms with E-state index in [1.54, 1.807) is 21.8 Å². The number of rotatable bonds is 6. The summed E-state index contributed by atoms with van der Waals surface area (Å²) in [7, 11) is 0. The van der Waals surface area contributed by atoms with Gasteiger partial charge in [-0.3, -0.25) is 0 Å². The molecule has 0 spiro atoms. The lowest BCUT2D eigenvalue weighted by Gasteiger charge is -2.15. The molecule has 27 heavy (non-hydrogen) atoms. The van der Waals surface area contributed by atoms with E-state index in [1.807, 2.05) is 73.1 Å². The monoisotopic (exact) mass is 355 g/mol. The molecule has 2 aromatic carbocycles. The van der Waals surface area contributed by atoms with Gasteiger partial charge in [0.25, 0.3) is 0 Å². The molecule has 0 N–H and O–H groups in total. The van der Waals surface area contributed by atoms with Crippen molar-refractivity contribution in [3.05, 3.63) is 104 Å². The molecule has 2 heterocycles. The third kappa shape index (κ3) is 3.44. The van der Waals surface area contributed by atoms with Gasteiger partial charge in [-0.2, -0.15) is 10.2 Å². The van der Waals surface area contributed by atoms with Crippen molar-refractivity contribution in [1.29, 1.82) is 0 Å². The van der Waals surface area contributed by atoms with Gasteiger partial charge in [0.1, 0.15) is 6.29 Å². The van der Waals surface area contributed by atoms with Crippen molar-refractivity contribution >= 4 is 6.29 Å². The molecule has 0 saturated carbocycles. The number of para-hydroxylation sites is 2. The SMILES string of the molecule is [CH2]C(c1cnn(-c2ccccc2)c1)C(C=O)c1cnn(-c2ccccc2)c1. The van der Waals surface area contributed by atoms with Gasteiger partial charge in [0.2, 0.25) is 0 Å². The van der Waals surface area contributed by atoms with Crippen LogP contribution in [0.3, 0.4) is 0 Å². The summed E-state index contributed by atoms with van der Waals surface area (Å²) in [6.45, 7) is 4.22. The van der Waals surface area contributed by atoms with E-state index in [4.69, 9.17) is 0 Å². The zero-order valence-electron chi connectivity index (χ0n) is 14.7. The van der Waals surface area contributed by atoms with Gasteiger partial charge in [-0.25, -0.2) is 9.36 Å². The lowest BCUT2D eigenvalue weighted by molar-refractivity contribution is -0.109. The first-order valence-electron chi connectivity index (χ1n) is 8.74. The number of carbonyl (C=O) groups excluding carboxylic acids is 1. The molecule has 133 valence electrons. The third-order valence-electron chi connectivity index (χ3n) is 4.64. The fraction of sp³-hybridized carbons (Fsp3) is 0.0909. The Kier molecular flexibility index (Phi) is 4.66. The van der Waals surface area contributed by atoms with Crippen molar-refractivity contribution in [3.8, 4) is 11.4 Å². The molecule has 0 saturated heterocycles. The molecule has 5 heteroatoms. The molecular weight excluding hydrogens is 336 g/mol. The van der Waals surface area contributed by atoms with Gasteiger partial charge in [0, 0.05) is 29.8 Å². The van der Waals surface area contributed by atoms with Crippen molar-refractivity contribution in [2.24, 2.45) is 0 Å². The van der Waals surface area contributed by atoms with Crippen molar-refractivity contribution in [2.75, 3.05) is 0 Å². The van der Waals surface area contributed by atoms with Crippen molar-refractivity contribution < 1.29 is 4.79 Å². The Bertz CT molecular complexity index is 1020. The number of hydrogen-bond donors (Lipinski definition) is 0. The maximum atomic E-state index is 11.8. The topological polar surface area (TPSA) is 52.7 Å². The van der Waals surface area contributed by atoms with E-state index in [1.165, 1.54) is 0 Å². The van der Waals surface area contributed by atoms with Crippen LogP contribution in [0, 0.1) is 6.92 Å². The van der Waals surface area contributed by atoms with E-state index >= 15 is 0 Å². The standard InChI is InChI=1S/C22H19N4O/c1-17(18-12-23-25(14-18)20-8-4-2-5-9-20)22(16-27)19-13-24-26(15-19)21-10-6-3-7-11-21/h2-17,22H,1H2. The highest BCUT2D eigenvalue weighted by molar-refractivity contribution is 5.64. The number of aldehydes is 1. The maximum absolute atomic E-state index is 11.8. The molecule has 4 aromatic rings. The molecule has 4 rings (SSSR count). The Labute approximate surface area is 157 Å². The lowest BCUT2D eigenvalue weighted by Crippen LogP contribution is -2.09. The Morgan fingerprint density at radius 1 is 0.778 bits per heavy atom. The normalized spacial score (nSPS) is 13.2. The molecule has 0 aliphatic heterocycles.